The second-order valence-corrected chi connectivity index (χ2v) is 8.22. The van der Waals surface area contributed by atoms with Crippen LogP contribution in [0.3, 0.4) is 0 Å². The van der Waals surface area contributed by atoms with Crippen molar-refractivity contribution in [3.8, 4) is 0 Å². The maximum atomic E-state index is 12.5. The number of fused-ring (bicyclic) bond motifs is 1. The lowest BCUT2D eigenvalue weighted by atomic mass is 10.1. The second-order valence-electron chi connectivity index (χ2n) is 8.22. The van der Waals surface area contributed by atoms with E-state index < -0.39 is 5.60 Å². The number of rotatable bonds is 5. The number of hydrogen-bond donors (Lipinski definition) is 1. The molecule has 25 heavy (non-hydrogen) atoms. The minimum absolute atomic E-state index is 0.106. The van der Waals surface area contributed by atoms with Gasteiger partial charge in [0.05, 0.1) is 6.54 Å². The van der Waals surface area contributed by atoms with E-state index in [0.29, 0.717) is 31.5 Å². The number of nitrogens with one attached hydrogen (secondary N) is 1. The Kier molecular flexibility index (Phi) is 4.87. The summed E-state index contributed by atoms with van der Waals surface area (Å²) in [4.78, 5) is 26.3. The highest BCUT2D eigenvalue weighted by molar-refractivity contribution is 5.87. The Balaban J connectivity index is 1.43. The maximum Gasteiger partial charge on any atom is 0.410 e. The van der Waals surface area contributed by atoms with Crippen molar-refractivity contribution in [2.45, 2.75) is 39.3 Å². The average molecular weight is 344 g/mol. The standard InChI is InChI=1S/C20H28N2O3/c1-13(14-8-6-5-7-9-14)21-10-17(23)18-15-11-22(12-16(15)18)19(24)25-20(2,3)4/h5-9,13,15-16,18,21H,10-12H2,1-4H3/t13-,15-,16+,18?/m0/s1. The predicted octanol–water partition coefficient (Wildman–Crippen LogP) is 3.02. The Bertz CT molecular complexity index is 626. The summed E-state index contributed by atoms with van der Waals surface area (Å²) in [7, 11) is 0. The average Bonchev–Trinajstić information content (AvgIpc) is 3.05. The summed E-state index contributed by atoms with van der Waals surface area (Å²) in [5, 5.41) is 3.32. The first kappa shape index (κ1) is 17.9. The van der Waals surface area contributed by atoms with Crippen molar-refractivity contribution in [2.24, 2.45) is 17.8 Å². The highest BCUT2D eigenvalue weighted by Crippen LogP contribution is 2.52. The minimum atomic E-state index is -0.476. The largest absolute Gasteiger partial charge is 0.444 e. The molecule has 1 saturated heterocycles. The summed E-state index contributed by atoms with van der Waals surface area (Å²) in [6.07, 6.45) is -0.262. The molecule has 2 aliphatic rings. The molecular weight excluding hydrogens is 316 g/mol. The summed E-state index contributed by atoms with van der Waals surface area (Å²) in [5.41, 5.74) is 0.707. The fraction of sp³-hybridized carbons (Fsp3) is 0.600. The van der Waals surface area contributed by atoms with Crippen LogP contribution in [-0.2, 0) is 9.53 Å². The van der Waals surface area contributed by atoms with Gasteiger partial charge in [0.2, 0.25) is 0 Å². The monoisotopic (exact) mass is 344 g/mol. The van der Waals surface area contributed by atoms with Gasteiger partial charge in [-0.15, -0.1) is 0 Å². The van der Waals surface area contributed by atoms with Crippen LogP contribution in [0.15, 0.2) is 30.3 Å². The maximum absolute atomic E-state index is 12.5. The van der Waals surface area contributed by atoms with E-state index in [9.17, 15) is 9.59 Å². The lowest BCUT2D eigenvalue weighted by Gasteiger charge is -2.25. The number of Topliss-reactive ketones (excluding diaryl/α,β-unsaturated/α-hetero) is 1. The van der Waals surface area contributed by atoms with Gasteiger partial charge in [0.25, 0.3) is 0 Å². The van der Waals surface area contributed by atoms with Gasteiger partial charge in [-0.05, 0) is 45.1 Å². The van der Waals surface area contributed by atoms with E-state index in [1.165, 1.54) is 5.56 Å². The predicted molar refractivity (Wildman–Crippen MR) is 96.1 cm³/mol. The lowest BCUT2D eigenvalue weighted by Crippen LogP contribution is -2.38. The van der Waals surface area contributed by atoms with Crippen molar-refractivity contribution in [1.29, 1.82) is 0 Å². The van der Waals surface area contributed by atoms with Crippen LogP contribution in [0.1, 0.15) is 39.3 Å². The number of nitrogens with zero attached hydrogens (tertiary/aromatic N) is 1. The van der Waals surface area contributed by atoms with Crippen LogP contribution in [0, 0.1) is 17.8 Å². The van der Waals surface area contributed by atoms with Crippen LogP contribution in [0.2, 0.25) is 0 Å². The Labute approximate surface area is 149 Å². The van der Waals surface area contributed by atoms with Crippen molar-refractivity contribution in [3.63, 3.8) is 0 Å². The number of benzene rings is 1. The third kappa shape index (κ3) is 4.21. The van der Waals surface area contributed by atoms with Gasteiger partial charge in [0.1, 0.15) is 11.4 Å². The molecule has 1 amide bonds. The molecule has 2 fully saturated rings. The number of amides is 1. The number of carbonyl (C=O) groups excluding carboxylic acids is 2. The molecule has 1 saturated carbocycles. The zero-order chi connectivity index (χ0) is 18.2. The molecule has 5 heteroatoms. The topological polar surface area (TPSA) is 58.6 Å². The van der Waals surface area contributed by atoms with Gasteiger partial charge < -0.3 is 15.0 Å². The van der Waals surface area contributed by atoms with E-state index in [0.717, 1.165) is 0 Å². The van der Waals surface area contributed by atoms with Gasteiger partial charge in [-0.3, -0.25) is 4.79 Å². The number of ketones is 1. The van der Waals surface area contributed by atoms with E-state index in [2.05, 4.69) is 24.4 Å². The summed E-state index contributed by atoms with van der Waals surface area (Å²) in [6, 6.07) is 10.3. The van der Waals surface area contributed by atoms with E-state index >= 15 is 0 Å². The quantitative estimate of drug-likeness (QED) is 0.892. The second kappa shape index (κ2) is 6.79. The molecule has 0 spiro atoms. The van der Waals surface area contributed by atoms with Gasteiger partial charge in [0.15, 0.2) is 0 Å². The smallest absolute Gasteiger partial charge is 0.410 e. The normalized spacial score (nSPS) is 26.1. The van der Waals surface area contributed by atoms with Gasteiger partial charge in [-0.1, -0.05) is 30.3 Å². The SMILES string of the molecule is C[C@H](NCC(=O)C1[C@H]2CN(C(=O)OC(C)(C)C)C[C@@H]12)c1ccccc1. The first-order chi connectivity index (χ1) is 11.8. The zero-order valence-corrected chi connectivity index (χ0v) is 15.5. The molecule has 4 atom stereocenters. The molecule has 136 valence electrons. The molecule has 1 unspecified atom stereocenters. The molecule has 0 bridgehead atoms. The number of carbonyl (C=O) groups is 2. The molecule has 3 rings (SSSR count). The fourth-order valence-corrected chi connectivity index (χ4v) is 3.71. The molecule has 1 N–H and O–H groups in total. The fourth-order valence-electron chi connectivity index (χ4n) is 3.71. The molecule has 1 aliphatic heterocycles. The Morgan fingerprint density at radius 3 is 2.36 bits per heavy atom. The first-order valence-corrected chi connectivity index (χ1v) is 9.05. The Morgan fingerprint density at radius 2 is 1.80 bits per heavy atom. The van der Waals surface area contributed by atoms with Crippen molar-refractivity contribution < 1.29 is 14.3 Å². The van der Waals surface area contributed by atoms with E-state index in [1.807, 2.05) is 39.0 Å². The van der Waals surface area contributed by atoms with Crippen molar-refractivity contribution in [1.82, 2.24) is 10.2 Å². The summed E-state index contributed by atoms with van der Waals surface area (Å²) < 4.78 is 5.40. The number of ether oxygens (including phenoxy) is 1. The molecule has 0 aromatic heterocycles. The molecule has 5 nitrogen and oxygen atoms in total. The zero-order valence-electron chi connectivity index (χ0n) is 15.5. The molecule has 1 heterocycles. The third-order valence-electron chi connectivity index (χ3n) is 5.10. The van der Waals surface area contributed by atoms with Crippen LogP contribution >= 0.6 is 0 Å². The van der Waals surface area contributed by atoms with Crippen LogP contribution < -0.4 is 5.32 Å². The lowest BCUT2D eigenvalue weighted by molar-refractivity contribution is -0.120. The molecule has 1 aromatic rings. The molecular formula is C20H28N2O3. The van der Waals surface area contributed by atoms with Gasteiger partial charge >= 0.3 is 6.09 Å². The Hall–Kier alpha value is -1.88. The van der Waals surface area contributed by atoms with Crippen molar-refractivity contribution in [3.05, 3.63) is 35.9 Å². The van der Waals surface area contributed by atoms with Gasteiger partial charge in [-0.25, -0.2) is 4.79 Å². The van der Waals surface area contributed by atoms with Crippen LogP contribution in [0.4, 0.5) is 4.79 Å². The van der Waals surface area contributed by atoms with E-state index in [-0.39, 0.29) is 23.8 Å². The van der Waals surface area contributed by atoms with Crippen LogP contribution in [0.25, 0.3) is 0 Å². The van der Waals surface area contributed by atoms with Gasteiger partial charge in [0, 0.05) is 25.0 Å². The Morgan fingerprint density at radius 1 is 1.20 bits per heavy atom. The molecule has 1 aromatic carbocycles. The first-order valence-electron chi connectivity index (χ1n) is 9.05. The highest BCUT2D eigenvalue weighted by Gasteiger charge is 2.60. The summed E-state index contributed by atoms with van der Waals surface area (Å²) in [5.74, 6) is 0.999. The van der Waals surface area contributed by atoms with Crippen molar-refractivity contribution in [2.75, 3.05) is 19.6 Å². The minimum Gasteiger partial charge on any atom is -0.444 e. The van der Waals surface area contributed by atoms with Crippen molar-refractivity contribution >= 4 is 11.9 Å². The summed E-state index contributed by atoms with van der Waals surface area (Å²) >= 11 is 0. The number of piperidine rings is 1. The number of likely N-dealkylation sites (tertiary alicyclic amines) is 1. The van der Waals surface area contributed by atoms with Crippen LogP contribution in [-0.4, -0.2) is 42.0 Å². The van der Waals surface area contributed by atoms with Gasteiger partial charge in [-0.2, -0.15) is 0 Å². The van der Waals surface area contributed by atoms with E-state index in [1.54, 1.807) is 4.90 Å². The number of hydrogen-bond acceptors (Lipinski definition) is 4. The summed E-state index contributed by atoms with van der Waals surface area (Å²) in [6.45, 7) is 9.35. The third-order valence-corrected chi connectivity index (χ3v) is 5.10. The molecule has 1 aliphatic carbocycles. The van der Waals surface area contributed by atoms with E-state index in [4.69, 9.17) is 4.74 Å². The highest BCUT2D eigenvalue weighted by atomic mass is 16.6. The van der Waals surface area contributed by atoms with Crippen LogP contribution in [0.5, 0.6) is 0 Å². The molecule has 0 radical (unpaired) electrons.